The van der Waals surface area contributed by atoms with Crippen molar-refractivity contribution in [3.05, 3.63) is 59.3 Å². The third kappa shape index (κ3) is 5.70. The Balaban J connectivity index is 2.60. The fourth-order valence-corrected chi connectivity index (χ4v) is 3.08. The van der Waals surface area contributed by atoms with Gasteiger partial charge in [0, 0.05) is 13.1 Å². The first-order valence-electron chi connectivity index (χ1n) is 9.73. The van der Waals surface area contributed by atoms with Gasteiger partial charge in [0.25, 0.3) is 0 Å². The molecule has 156 valence electrons. The molecule has 1 aromatic carbocycles. The van der Waals surface area contributed by atoms with Gasteiger partial charge in [-0.2, -0.15) is 0 Å². The van der Waals surface area contributed by atoms with E-state index in [0.29, 0.717) is 13.1 Å². The van der Waals surface area contributed by atoms with Crippen LogP contribution in [0, 0.1) is 5.92 Å². The lowest BCUT2D eigenvalue weighted by Gasteiger charge is -2.26. The fraction of sp³-hybridized carbons (Fsp3) is 0.409. The van der Waals surface area contributed by atoms with E-state index in [0.717, 1.165) is 5.56 Å². The van der Waals surface area contributed by atoms with Crippen molar-refractivity contribution in [3.63, 3.8) is 0 Å². The summed E-state index contributed by atoms with van der Waals surface area (Å²) in [6.45, 7) is 6.10. The molecule has 0 fully saturated rings. The van der Waals surface area contributed by atoms with Crippen LogP contribution in [-0.4, -0.2) is 49.2 Å². The number of hydrogen-bond acceptors (Lipinski definition) is 7. The molecule has 2 rings (SSSR count). The smallest absolute Gasteiger partial charge is 0.355 e. The van der Waals surface area contributed by atoms with Crippen molar-refractivity contribution in [2.75, 3.05) is 26.4 Å². The Morgan fingerprint density at radius 1 is 0.931 bits per heavy atom. The molecule has 7 heteroatoms. The highest BCUT2D eigenvalue weighted by Gasteiger charge is 2.37. The van der Waals surface area contributed by atoms with Crippen molar-refractivity contribution in [2.45, 2.75) is 27.3 Å². The van der Waals surface area contributed by atoms with Gasteiger partial charge >= 0.3 is 17.9 Å². The van der Waals surface area contributed by atoms with Gasteiger partial charge in [-0.25, -0.2) is 9.59 Å². The van der Waals surface area contributed by atoms with E-state index in [9.17, 15) is 14.4 Å². The normalized spacial score (nSPS) is 16.2. The largest absolute Gasteiger partial charge is 0.465 e. The van der Waals surface area contributed by atoms with Crippen LogP contribution in [-0.2, 0) is 35.1 Å². The van der Waals surface area contributed by atoms with Crippen LogP contribution < -0.4 is 0 Å². The number of benzene rings is 1. The minimum Gasteiger partial charge on any atom is -0.465 e. The van der Waals surface area contributed by atoms with Crippen molar-refractivity contribution in [1.82, 2.24) is 4.90 Å². The van der Waals surface area contributed by atoms with Gasteiger partial charge in [0.1, 0.15) is 11.6 Å². The van der Waals surface area contributed by atoms with Gasteiger partial charge in [0.15, 0.2) is 0 Å². The summed E-state index contributed by atoms with van der Waals surface area (Å²) < 4.78 is 15.5. The second kappa shape index (κ2) is 11.0. The maximum atomic E-state index is 12.9. The van der Waals surface area contributed by atoms with Gasteiger partial charge in [-0.05, 0) is 26.3 Å². The van der Waals surface area contributed by atoms with Crippen molar-refractivity contribution in [3.8, 4) is 0 Å². The molecule has 0 bridgehead atoms. The van der Waals surface area contributed by atoms with E-state index in [1.807, 2.05) is 30.3 Å². The van der Waals surface area contributed by atoms with Crippen LogP contribution in [0.1, 0.15) is 26.3 Å². The number of rotatable bonds is 8. The van der Waals surface area contributed by atoms with Gasteiger partial charge < -0.3 is 19.1 Å². The zero-order chi connectivity index (χ0) is 21.2. The van der Waals surface area contributed by atoms with Crippen molar-refractivity contribution in [1.29, 1.82) is 0 Å². The molecule has 1 aromatic rings. The molecule has 0 aromatic heterocycles. The number of carbonyl (C=O) groups is 3. The van der Waals surface area contributed by atoms with Crippen LogP contribution in [0.5, 0.6) is 0 Å². The third-order valence-corrected chi connectivity index (χ3v) is 4.26. The number of ether oxygens (including phenoxy) is 3. The molecular formula is C22H27NO6. The molecule has 1 unspecified atom stereocenters. The maximum Gasteiger partial charge on any atom is 0.355 e. The minimum absolute atomic E-state index is 0.0252. The van der Waals surface area contributed by atoms with Gasteiger partial charge in [0.05, 0.1) is 25.4 Å². The summed E-state index contributed by atoms with van der Waals surface area (Å²) in [4.78, 5) is 40.0. The minimum atomic E-state index is -1.05. The molecule has 1 heterocycles. The Kier molecular flexibility index (Phi) is 8.45. The highest BCUT2D eigenvalue weighted by molar-refractivity contribution is 6.04. The van der Waals surface area contributed by atoms with Crippen molar-refractivity contribution in [2.24, 2.45) is 5.92 Å². The number of carbonyl (C=O) groups excluding carboxylic acids is 3. The molecule has 1 atom stereocenters. The highest BCUT2D eigenvalue weighted by atomic mass is 16.5. The zero-order valence-corrected chi connectivity index (χ0v) is 17.1. The van der Waals surface area contributed by atoms with Crippen LogP contribution in [0.25, 0.3) is 0 Å². The lowest BCUT2D eigenvalue weighted by molar-refractivity contribution is -0.149. The lowest BCUT2D eigenvalue weighted by atomic mass is 9.96. The average molecular weight is 401 g/mol. The second-order valence-corrected chi connectivity index (χ2v) is 6.23. The van der Waals surface area contributed by atoms with Crippen LogP contribution >= 0.6 is 0 Å². The Bertz CT molecular complexity index is 784. The maximum absolute atomic E-state index is 12.9. The first-order chi connectivity index (χ1) is 14.0. The molecule has 1 aliphatic rings. The number of esters is 3. The summed E-state index contributed by atoms with van der Waals surface area (Å²) in [6.07, 6.45) is 3.32. The van der Waals surface area contributed by atoms with E-state index in [2.05, 4.69) is 0 Å². The SMILES string of the molecule is CCOC(=O)C1=C(C(=O)OCC)N(Cc2ccccc2)CC=CC1C(=O)OCC. The number of nitrogens with zero attached hydrogens (tertiary/aromatic N) is 1. The predicted molar refractivity (Wildman–Crippen MR) is 106 cm³/mol. The van der Waals surface area contributed by atoms with Crippen LogP contribution in [0.15, 0.2) is 53.8 Å². The third-order valence-electron chi connectivity index (χ3n) is 4.26. The van der Waals surface area contributed by atoms with E-state index in [1.54, 1.807) is 37.8 Å². The van der Waals surface area contributed by atoms with Crippen LogP contribution in [0.2, 0.25) is 0 Å². The highest BCUT2D eigenvalue weighted by Crippen LogP contribution is 2.28. The van der Waals surface area contributed by atoms with E-state index < -0.39 is 23.8 Å². The zero-order valence-electron chi connectivity index (χ0n) is 17.1. The van der Waals surface area contributed by atoms with E-state index in [4.69, 9.17) is 14.2 Å². The summed E-state index contributed by atoms with van der Waals surface area (Å²) >= 11 is 0. The summed E-state index contributed by atoms with van der Waals surface area (Å²) in [7, 11) is 0. The van der Waals surface area contributed by atoms with E-state index in [1.165, 1.54) is 0 Å². The Morgan fingerprint density at radius 3 is 2.17 bits per heavy atom. The topological polar surface area (TPSA) is 82.1 Å². The van der Waals surface area contributed by atoms with E-state index >= 15 is 0 Å². The first kappa shape index (κ1) is 22.2. The van der Waals surface area contributed by atoms with E-state index in [-0.39, 0.29) is 31.1 Å². The molecule has 0 saturated carbocycles. The average Bonchev–Trinajstić information content (AvgIpc) is 2.89. The molecule has 7 nitrogen and oxygen atoms in total. The monoisotopic (exact) mass is 401 g/mol. The fourth-order valence-electron chi connectivity index (χ4n) is 3.08. The summed E-state index contributed by atoms with van der Waals surface area (Å²) in [5.41, 5.74) is 0.908. The van der Waals surface area contributed by atoms with Crippen molar-refractivity contribution < 1.29 is 28.6 Å². The molecule has 1 aliphatic heterocycles. The van der Waals surface area contributed by atoms with Crippen LogP contribution in [0.4, 0.5) is 0 Å². The van der Waals surface area contributed by atoms with Crippen LogP contribution in [0.3, 0.4) is 0 Å². The second-order valence-electron chi connectivity index (χ2n) is 6.23. The Hall–Kier alpha value is -3.09. The Labute approximate surface area is 170 Å². The summed E-state index contributed by atoms with van der Waals surface area (Å²) in [5.74, 6) is -3.08. The molecule has 29 heavy (non-hydrogen) atoms. The lowest BCUT2D eigenvalue weighted by Crippen LogP contribution is -2.34. The molecule has 0 radical (unpaired) electrons. The van der Waals surface area contributed by atoms with Crippen molar-refractivity contribution >= 4 is 17.9 Å². The summed E-state index contributed by atoms with van der Waals surface area (Å²) in [5, 5.41) is 0. The molecule has 0 amide bonds. The first-order valence-corrected chi connectivity index (χ1v) is 9.73. The Morgan fingerprint density at radius 2 is 1.55 bits per heavy atom. The standard InChI is InChI=1S/C22H27NO6/c1-4-27-20(24)17-13-10-14-23(15-16-11-8-7-9-12-16)19(22(26)29-6-3)18(17)21(25)28-5-2/h7-13,17H,4-6,14-15H2,1-3H3. The quantitative estimate of drug-likeness (QED) is 0.376. The molecule has 0 spiro atoms. The molecule has 0 saturated heterocycles. The molecule has 0 N–H and O–H groups in total. The van der Waals surface area contributed by atoms with Gasteiger partial charge in [-0.15, -0.1) is 0 Å². The van der Waals surface area contributed by atoms with Gasteiger partial charge in [-0.3, -0.25) is 4.79 Å². The molecular weight excluding hydrogens is 374 g/mol. The van der Waals surface area contributed by atoms with Gasteiger partial charge in [0.2, 0.25) is 0 Å². The molecule has 0 aliphatic carbocycles. The number of hydrogen-bond donors (Lipinski definition) is 0. The summed E-state index contributed by atoms with van der Waals surface area (Å²) in [6, 6.07) is 9.53. The predicted octanol–water partition coefficient (Wildman–Crippen LogP) is 2.62. The van der Waals surface area contributed by atoms with Gasteiger partial charge in [-0.1, -0.05) is 42.5 Å².